The summed E-state index contributed by atoms with van der Waals surface area (Å²) >= 11 is 0. The van der Waals surface area contributed by atoms with Gasteiger partial charge in [-0.15, -0.1) is 0 Å². The van der Waals surface area contributed by atoms with Gasteiger partial charge in [0.15, 0.2) is 17.4 Å². The van der Waals surface area contributed by atoms with Crippen molar-refractivity contribution in [3.05, 3.63) is 52.9 Å². The average Bonchev–Trinajstić information content (AvgIpc) is 3.00. The summed E-state index contributed by atoms with van der Waals surface area (Å²) in [6, 6.07) is 5.11. The van der Waals surface area contributed by atoms with E-state index in [1.165, 1.54) is 32.2 Å². The number of aromatic amines is 1. The van der Waals surface area contributed by atoms with Crippen LogP contribution in [-0.4, -0.2) is 30.4 Å². The van der Waals surface area contributed by atoms with E-state index in [0.29, 0.717) is 6.54 Å². The van der Waals surface area contributed by atoms with Gasteiger partial charge in [0.1, 0.15) is 17.5 Å². The predicted molar refractivity (Wildman–Crippen MR) is 87.6 cm³/mol. The zero-order chi connectivity index (χ0) is 18.6. The summed E-state index contributed by atoms with van der Waals surface area (Å²) in [6.07, 6.45) is -0.878. The van der Waals surface area contributed by atoms with Gasteiger partial charge in [-0.2, -0.15) is 0 Å². The van der Waals surface area contributed by atoms with Crippen molar-refractivity contribution in [2.75, 3.05) is 13.6 Å². The van der Waals surface area contributed by atoms with Crippen molar-refractivity contribution in [3.8, 4) is 5.75 Å². The molecule has 1 heterocycles. The second-order valence-electron chi connectivity index (χ2n) is 5.26. The maximum absolute atomic E-state index is 13.9. The van der Waals surface area contributed by atoms with Crippen LogP contribution in [0.5, 0.6) is 5.75 Å². The fourth-order valence-electron chi connectivity index (χ4n) is 2.29. The van der Waals surface area contributed by atoms with E-state index in [0.717, 1.165) is 6.07 Å². The van der Waals surface area contributed by atoms with Gasteiger partial charge < -0.3 is 20.4 Å². The average molecular weight is 351 g/mol. The van der Waals surface area contributed by atoms with Gasteiger partial charge >= 0.3 is 0 Å². The highest BCUT2D eigenvalue weighted by atomic mass is 19.2. The molecule has 8 heteroatoms. The fourth-order valence-corrected chi connectivity index (χ4v) is 2.29. The Bertz CT molecular complexity index is 789. The molecule has 2 rings (SSSR count). The molecule has 3 N–H and O–H groups in total. The van der Waals surface area contributed by atoms with Crippen molar-refractivity contribution in [1.29, 1.82) is 0 Å². The van der Waals surface area contributed by atoms with E-state index in [2.05, 4.69) is 15.6 Å². The monoisotopic (exact) mass is 351 g/mol. The van der Waals surface area contributed by atoms with E-state index in [1.54, 1.807) is 6.92 Å². The molecular formula is C17H19F2N3O3. The first kappa shape index (κ1) is 18.4. The molecule has 0 unspecified atom stereocenters. The first-order chi connectivity index (χ1) is 11.9. The van der Waals surface area contributed by atoms with Crippen molar-refractivity contribution >= 4 is 11.8 Å². The summed E-state index contributed by atoms with van der Waals surface area (Å²) in [5.74, 6) is -2.85. The van der Waals surface area contributed by atoms with Crippen LogP contribution in [0.4, 0.5) is 8.78 Å². The van der Waals surface area contributed by atoms with Gasteiger partial charge in [0.25, 0.3) is 11.8 Å². The van der Waals surface area contributed by atoms with Crippen LogP contribution in [0.3, 0.4) is 0 Å². The summed E-state index contributed by atoms with van der Waals surface area (Å²) in [6.45, 7) is 3.69. The topological polar surface area (TPSA) is 83.2 Å². The molecule has 0 radical (unpaired) electrons. The standard InChI is InChI=1S/C17H19F2N3O3/c1-4-21-16(23)12-8-13(15(22-12)17(24)20-3)25-9(2)10-6-5-7-11(18)14(10)19/h5-9,22H,4H2,1-3H3,(H,20,24)(H,21,23)/t9-/m1/s1. The highest BCUT2D eigenvalue weighted by molar-refractivity contribution is 5.99. The van der Waals surface area contributed by atoms with Crippen LogP contribution in [-0.2, 0) is 0 Å². The van der Waals surface area contributed by atoms with E-state index in [4.69, 9.17) is 4.74 Å². The van der Waals surface area contributed by atoms with Gasteiger partial charge in [0.05, 0.1) is 0 Å². The number of amides is 2. The Morgan fingerprint density at radius 2 is 2.00 bits per heavy atom. The van der Waals surface area contributed by atoms with Crippen molar-refractivity contribution in [3.63, 3.8) is 0 Å². The second-order valence-corrected chi connectivity index (χ2v) is 5.26. The number of carbonyl (C=O) groups excluding carboxylic acids is 2. The molecular weight excluding hydrogens is 332 g/mol. The second kappa shape index (κ2) is 7.78. The van der Waals surface area contributed by atoms with E-state index >= 15 is 0 Å². The lowest BCUT2D eigenvalue weighted by atomic mass is 10.1. The van der Waals surface area contributed by atoms with Gasteiger partial charge in [0.2, 0.25) is 0 Å². The normalized spacial score (nSPS) is 11.7. The molecule has 1 atom stereocenters. The van der Waals surface area contributed by atoms with Crippen molar-refractivity contribution in [2.24, 2.45) is 0 Å². The molecule has 2 aromatic rings. The smallest absolute Gasteiger partial charge is 0.271 e. The summed E-state index contributed by atoms with van der Waals surface area (Å²) in [5, 5.41) is 5.02. The number of H-pyrrole nitrogens is 1. The Morgan fingerprint density at radius 1 is 1.28 bits per heavy atom. The van der Waals surface area contributed by atoms with E-state index in [9.17, 15) is 18.4 Å². The minimum absolute atomic E-state index is 0.00335. The zero-order valence-corrected chi connectivity index (χ0v) is 14.1. The summed E-state index contributed by atoms with van der Waals surface area (Å²) in [4.78, 5) is 26.6. The molecule has 0 saturated carbocycles. The Labute approximate surface area is 143 Å². The van der Waals surface area contributed by atoms with Crippen molar-refractivity contribution < 1.29 is 23.1 Å². The number of carbonyl (C=O) groups is 2. The number of aromatic nitrogens is 1. The quantitative estimate of drug-likeness (QED) is 0.748. The molecule has 1 aromatic heterocycles. The molecule has 134 valence electrons. The molecule has 0 bridgehead atoms. The molecule has 0 aliphatic rings. The van der Waals surface area contributed by atoms with Crippen LogP contribution < -0.4 is 15.4 Å². The van der Waals surface area contributed by atoms with Crippen LogP contribution in [0, 0.1) is 11.6 Å². The number of hydrogen-bond donors (Lipinski definition) is 3. The third-order valence-electron chi connectivity index (χ3n) is 3.54. The summed E-state index contributed by atoms with van der Waals surface area (Å²) in [7, 11) is 1.43. The SMILES string of the molecule is CCNC(=O)c1cc(O[C@H](C)c2cccc(F)c2F)c(C(=O)NC)[nH]1. The lowest BCUT2D eigenvalue weighted by Crippen LogP contribution is -2.23. The van der Waals surface area contributed by atoms with E-state index in [-0.39, 0.29) is 22.7 Å². The zero-order valence-electron chi connectivity index (χ0n) is 14.1. The third-order valence-corrected chi connectivity index (χ3v) is 3.54. The molecule has 25 heavy (non-hydrogen) atoms. The third kappa shape index (κ3) is 3.96. The molecule has 0 aliphatic heterocycles. The van der Waals surface area contributed by atoms with Gasteiger partial charge in [0, 0.05) is 25.2 Å². The maximum Gasteiger partial charge on any atom is 0.271 e. The Morgan fingerprint density at radius 3 is 2.64 bits per heavy atom. The first-order valence-electron chi connectivity index (χ1n) is 7.72. The molecule has 1 aromatic carbocycles. The molecule has 0 saturated heterocycles. The first-order valence-corrected chi connectivity index (χ1v) is 7.72. The minimum Gasteiger partial charge on any atom is -0.483 e. The van der Waals surface area contributed by atoms with Gasteiger partial charge in [-0.05, 0) is 19.9 Å². The van der Waals surface area contributed by atoms with Gasteiger partial charge in [-0.1, -0.05) is 12.1 Å². The number of rotatable bonds is 6. The fraction of sp³-hybridized carbons (Fsp3) is 0.294. The molecule has 0 spiro atoms. The lowest BCUT2D eigenvalue weighted by molar-refractivity contribution is 0.0951. The molecule has 6 nitrogen and oxygen atoms in total. The molecule has 0 fully saturated rings. The predicted octanol–water partition coefficient (Wildman–Crippen LogP) is 2.54. The largest absolute Gasteiger partial charge is 0.483 e. The highest BCUT2D eigenvalue weighted by Crippen LogP contribution is 2.28. The molecule has 0 aliphatic carbocycles. The number of nitrogens with one attached hydrogen (secondary N) is 3. The Balaban J connectivity index is 2.35. The van der Waals surface area contributed by atoms with Crippen LogP contribution in [0.25, 0.3) is 0 Å². The minimum atomic E-state index is -1.02. The Hall–Kier alpha value is -2.90. The summed E-state index contributed by atoms with van der Waals surface area (Å²) < 4.78 is 32.9. The Kier molecular flexibility index (Phi) is 5.74. The van der Waals surface area contributed by atoms with E-state index in [1.807, 2.05) is 0 Å². The lowest BCUT2D eigenvalue weighted by Gasteiger charge is -2.16. The van der Waals surface area contributed by atoms with Crippen LogP contribution >= 0.6 is 0 Å². The number of benzene rings is 1. The van der Waals surface area contributed by atoms with Crippen LogP contribution in [0.2, 0.25) is 0 Å². The number of halogens is 2. The van der Waals surface area contributed by atoms with E-state index < -0.39 is 29.6 Å². The van der Waals surface area contributed by atoms with Crippen molar-refractivity contribution in [1.82, 2.24) is 15.6 Å². The number of hydrogen-bond acceptors (Lipinski definition) is 3. The van der Waals surface area contributed by atoms with Crippen LogP contribution in [0.15, 0.2) is 24.3 Å². The van der Waals surface area contributed by atoms with Gasteiger partial charge in [-0.25, -0.2) is 8.78 Å². The number of ether oxygens (including phenoxy) is 1. The van der Waals surface area contributed by atoms with Crippen molar-refractivity contribution in [2.45, 2.75) is 20.0 Å². The highest BCUT2D eigenvalue weighted by Gasteiger charge is 2.23. The van der Waals surface area contributed by atoms with Gasteiger partial charge in [-0.3, -0.25) is 9.59 Å². The maximum atomic E-state index is 13.9. The molecule has 2 amide bonds. The summed E-state index contributed by atoms with van der Waals surface area (Å²) in [5.41, 5.74) is 0.151. The van der Waals surface area contributed by atoms with Crippen LogP contribution in [0.1, 0.15) is 46.5 Å².